The highest BCUT2D eigenvalue weighted by Crippen LogP contribution is 2.54. The van der Waals surface area contributed by atoms with Crippen LogP contribution in [0.25, 0.3) is 0 Å². The number of likely N-dealkylation sites (tertiary alicyclic amines) is 2. The van der Waals surface area contributed by atoms with E-state index in [2.05, 4.69) is 0 Å². The van der Waals surface area contributed by atoms with Crippen LogP contribution >= 0.6 is 0 Å². The van der Waals surface area contributed by atoms with Gasteiger partial charge in [-0.05, 0) is 17.7 Å². The number of halogens is 3. The molecule has 0 unspecified atom stereocenters. The van der Waals surface area contributed by atoms with Gasteiger partial charge >= 0.3 is 6.18 Å². The van der Waals surface area contributed by atoms with Crippen molar-refractivity contribution in [2.24, 2.45) is 0 Å². The van der Waals surface area contributed by atoms with Gasteiger partial charge in [0.1, 0.15) is 0 Å². The van der Waals surface area contributed by atoms with E-state index in [9.17, 15) is 23.1 Å². The van der Waals surface area contributed by atoms with E-state index >= 15 is 0 Å². The topological polar surface area (TPSA) is 43.8 Å². The minimum absolute atomic E-state index is 0.0794. The van der Waals surface area contributed by atoms with Crippen molar-refractivity contribution in [3.8, 4) is 0 Å². The lowest BCUT2D eigenvalue weighted by atomic mass is 9.60. The molecule has 2 aliphatic rings. The third-order valence-corrected chi connectivity index (χ3v) is 6.07. The highest BCUT2D eigenvalue weighted by molar-refractivity contribution is 5.96. The van der Waals surface area contributed by atoms with Gasteiger partial charge < -0.3 is 10.0 Å². The summed E-state index contributed by atoms with van der Waals surface area (Å²) in [6.45, 7) is 0.474. The third-order valence-electron chi connectivity index (χ3n) is 6.07. The van der Waals surface area contributed by atoms with Gasteiger partial charge in [0.05, 0.1) is 24.6 Å². The summed E-state index contributed by atoms with van der Waals surface area (Å²) in [5.41, 5.74) is 0.928. The number of rotatable bonds is 5. The molecular weight excluding hydrogens is 381 g/mol. The zero-order valence-electron chi connectivity index (χ0n) is 15.8. The van der Waals surface area contributed by atoms with Crippen molar-refractivity contribution >= 4 is 5.91 Å². The Morgan fingerprint density at radius 1 is 1.03 bits per heavy atom. The molecule has 2 aromatic carbocycles. The van der Waals surface area contributed by atoms with E-state index in [1.54, 1.807) is 34.1 Å². The fraction of sp³-hybridized carbons (Fsp3) is 0.409. The molecule has 2 saturated heterocycles. The van der Waals surface area contributed by atoms with Crippen LogP contribution in [0.15, 0.2) is 60.7 Å². The monoisotopic (exact) mass is 404 g/mol. The molecule has 0 bridgehead atoms. The SMILES string of the molecule is O=C(c1ccccc1)N1[C@@H](CO)[C@@H](c2ccccc2)C12CN(CCC(F)(F)F)C2. The summed E-state index contributed by atoms with van der Waals surface area (Å²) in [6.07, 6.45) is -5.07. The second kappa shape index (κ2) is 7.46. The van der Waals surface area contributed by atoms with Crippen molar-refractivity contribution in [2.75, 3.05) is 26.2 Å². The zero-order chi connectivity index (χ0) is 20.6. The number of carbonyl (C=O) groups is 1. The van der Waals surface area contributed by atoms with Crippen LogP contribution in [-0.2, 0) is 0 Å². The molecule has 2 atom stereocenters. The Kier molecular flexibility index (Phi) is 5.12. The van der Waals surface area contributed by atoms with Gasteiger partial charge in [0.2, 0.25) is 0 Å². The molecule has 0 aliphatic carbocycles. The Bertz CT molecular complexity index is 851. The maximum atomic E-state index is 13.2. The normalized spacial score (nSPS) is 23.5. The number of aliphatic hydroxyl groups is 1. The second-order valence-electron chi connectivity index (χ2n) is 7.86. The van der Waals surface area contributed by atoms with E-state index in [4.69, 9.17) is 0 Å². The lowest BCUT2D eigenvalue weighted by Crippen LogP contribution is -2.85. The summed E-state index contributed by atoms with van der Waals surface area (Å²) in [5.74, 6) is -0.296. The first kappa shape index (κ1) is 19.9. The number of carbonyl (C=O) groups excluding carboxylic acids is 1. The molecule has 4 nitrogen and oxygen atoms in total. The van der Waals surface area contributed by atoms with Crippen LogP contribution in [0.4, 0.5) is 13.2 Å². The minimum atomic E-state index is -4.20. The summed E-state index contributed by atoms with van der Waals surface area (Å²) in [5, 5.41) is 10.1. The Labute approximate surface area is 167 Å². The van der Waals surface area contributed by atoms with Crippen LogP contribution in [0.3, 0.4) is 0 Å². The van der Waals surface area contributed by atoms with Crippen LogP contribution in [0.5, 0.6) is 0 Å². The van der Waals surface area contributed by atoms with Crippen molar-refractivity contribution in [1.82, 2.24) is 9.80 Å². The van der Waals surface area contributed by atoms with Crippen LogP contribution in [-0.4, -0.2) is 64.8 Å². The number of hydrogen-bond donors (Lipinski definition) is 1. The fourth-order valence-electron chi connectivity index (χ4n) is 4.88. The average Bonchev–Trinajstić information content (AvgIpc) is 2.66. The summed E-state index contributed by atoms with van der Waals surface area (Å²) in [4.78, 5) is 16.7. The minimum Gasteiger partial charge on any atom is -0.394 e. The lowest BCUT2D eigenvalue weighted by molar-refractivity contribution is -0.179. The van der Waals surface area contributed by atoms with Crippen LogP contribution < -0.4 is 0 Å². The molecule has 0 radical (unpaired) electrons. The molecule has 1 spiro atoms. The molecule has 2 aliphatic heterocycles. The largest absolute Gasteiger partial charge is 0.394 e. The van der Waals surface area contributed by atoms with Crippen molar-refractivity contribution in [3.63, 3.8) is 0 Å². The number of aliphatic hydroxyl groups excluding tert-OH is 1. The summed E-state index contributed by atoms with van der Waals surface area (Å²) < 4.78 is 37.9. The lowest BCUT2D eigenvalue weighted by Gasteiger charge is -2.70. The molecule has 1 N–H and O–H groups in total. The summed E-state index contributed by atoms with van der Waals surface area (Å²) in [7, 11) is 0. The zero-order valence-corrected chi connectivity index (χ0v) is 15.8. The van der Waals surface area contributed by atoms with E-state index in [0.29, 0.717) is 18.7 Å². The summed E-state index contributed by atoms with van der Waals surface area (Å²) >= 11 is 0. The third kappa shape index (κ3) is 3.53. The van der Waals surface area contributed by atoms with Gasteiger partial charge in [-0.15, -0.1) is 0 Å². The van der Waals surface area contributed by atoms with Crippen molar-refractivity contribution < 1.29 is 23.1 Å². The van der Waals surface area contributed by atoms with Crippen LogP contribution in [0.2, 0.25) is 0 Å². The van der Waals surface area contributed by atoms with Crippen molar-refractivity contribution in [2.45, 2.75) is 30.1 Å². The van der Waals surface area contributed by atoms with Gasteiger partial charge in [-0.1, -0.05) is 48.5 Å². The molecular formula is C22H23F3N2O2. The van der Waals surface area contributed by atoms with Gasteiger partial charge in [0, 0.05) is 31.1 Å². The van der Waals surface area contributed by atoms with Gasteiger partial charge in [-0.2, -0.15) is 13.2 Å². The number of hydrogen-bond acceptors (Lipinski definition) is 3. The van der Waals surface area contributed by atoms with E-state index < -0.39 is 24.2 Å². The first-order valence-electron chi connectivity index (χ1n) is 9.69. The molecule has 0 saturated carbocycles. The smallest absolute Gasteiger partial charge is 0.390 e. The summed E-state index contributed by atoms with van der Waals surface area (Å²) in [6, 6.07) is 18.0. The molecule has 29 heavy (non-hydrogen) atoms. The van der Waals surface area contributed by atoms with Crippen LogP contribution in [0.1, 0.15) is 28.3 Å². The first-order chi connectivity index (χ1) is 13.9. The van der Waals surface area contributed by atoms with E-state index in [0.717, 1.165) is 5.56 Å². The Morgan fingerprint density at radius 2 is 1.62 bits per heavy atom. The number of benzene rings is 2. The molecule has 0 aromatic heterocycles. The predicted molar refractivity (Wildman–Crippen MR) is 103 cm³/mol. The highest BCUT2D eigenvalue weighted by atomic mass is 19.4. The number of amides is 1. The average molecular weight is 404 g/mol. The number of nitrogens with zero attached hydrogens (tertiary/aromatic N) is 2. The van der Waals surface area contributed by atoms with E-state index in [-0.39, 0.29) is 25.0 Å². The molecule has 4 rings (SSSR count). The molecule has 2 heterocycles. The number of alkyl halides is 3. The fourth-order valence-corrected chi connectivity index (χ4v) is 4.88. The standard InChI is InChI=1S/C22H23F3N2O2/c23-22(24,25)11-12-26-14-21(15-26)19(16-7-3-1-4-8-16)18(13-28)27(21)20(29)17-9-5-2-6-10-17/h1-10,18-19,28H,11-15H2/t18-,19+/m0/s1. The Hall–Kier alpha value is -2.38. The Balaban J connectivity index is 1.61. The van der Waals surface area contributed by atoms with E-state index in [1.165, 1.54) is 0 Å². The Morgan fingerprint density at radius 3 is 2.17 bits per heavy atom. The predicted octanol–water partition coefficient (Wildman–Crippen LogP) is 3.29. The maximum absolute atomic E-state index is 13.2. The molecule has 1 amide bonds. The van der Waals surface area contributed by atoms with Gasteiger partial charge in [0.25, 0.3) is 5.91 Å². The molecule has 7 heteroatoms. The molecule has 2 aromatic rings. The van der Waals surface area contributed by atoms with Crippen molar-refractivity contribution in [3.05, 3.63) is 71.8 Å². The second-order valence-corrected chi connectivity index (χ2v) is 7.86. The van der Waals surface area contributed by atoms with Gasteiger partial charge in [-0.25, -0.2) is 0 Å². The molecule has 154 valence electrons. The van der Waals surface area contributed by atoms with Crippen molar-refractivity contribution in [1.29, 1.82) is 0 Å². The first-order valence-corrected chi connectivity index (χ1v) is 9.69. The van der Waals surface area contributed by atoms with Gasteiger partial charge in [-0.3, -0.25) is 9.69 Å². The van der Waals surface area contributed by atoms with Gasteiger partial charge in [0.15, 0.2) is 0 Å². The van der Waals surface area contributed by atoms with Crippen LogP contribution in [0, 0.1) is 0 Å². The maximum Gasteiger partial charge on any atom is 0.390 e. The molecule has 2 fully saturated rings. The quantitative estimate of drug-likeness (QED) is 0.832. The van der Waals surface area contributed by atoms with E-state index in [1.807, 2.05) is 36.4 Å². The highest BCUT2D eigenvalue weighted by Gasteiger charge is 2.67.